The van der Waals surface area contributed by atoms with Crippen molar-refractivity contribution in [1.82, 2.24) is 0 Å². The van der Waals surface area contributed by atoms with Crippen molar-refractivity contribution in [2.45, 2.75) is 243 Å². The van der Waals surface area contributed by atoms with Crippen molar-refractivity contribution in [3.8, 4) is 0 Å². The van der Waals surface area contributed by atoms with E-state index >= 15 is 0 Å². The molecular formula is C90H108N6O42S6. The number of benzene rings is 7. The summed E-state index contributed by atoms with van der Waals surface area (Å²) < 4.78 is 66.0. The molecule has 30 atom stereocenters. The van der Waals surface area contributed by atoms with Crippen LogP contribution in [0.3, 0.4) is 0 Å². The third-order valence-electron chi connectivity index (χ3n) is 22.7. The van der Waals surface area contributed by atoms with Crippen LogP contribution in [0.15, 0.2) is 204 Å². The SMILES string of the molecule is O=C(CO[C@H]1O[C@H](CO)[C@@H](O)[C@H](O)[C@H]1O)Nc1ccc(Sc2c(Sc3ccc(NC(=O)CO[C@H]4O[C@H](CO)[C@@H](O)[C@H](O)[C@H]4O)cc3)c(Sc3ccc(NC(=O)CO[C@H]4O[C@H](CO)[C@@H](O)[C@H](O)[C@H]4O)cc3)c(Sc3ccc(NC(=O)CO[C@H]4O[C@H](CO)[C@@H](O)[C@H](O)[C@H]4O)cc3)c(Sc3ccc(NC(=O)CO[C@H]4O[C@H](CO)[C@@H](O)[C@H](O)[C@H]4O)cc3)c2Sc2ccc(NC(=O)CO[C@H]3O[C@H](CO)[C@@H](O)[C@H](O)[C@H]3O)cc2)cc1. The van der Waals surface area contributed by atoms with Gasteiger partial charge in [0.2, 0.25) is 35.4 Å². The number of amides is 6. The molecular weight excluding hydrogens is 2030 g/mol. The molecule has 6 amide bonds. The molecule has 786 valence electrons. The molecule has 6 heterocycles. The molecule has 6 saturated heterocycles. The molecule has 0 aromatic heterocycles. The molecule has 0 unspecified atom stereocenters. The van der Waals surface area contributed by atoms with Crippen molar-refractivity contribution in [1.29, 1.82) is 0 Å². The Hall–Kier alpha value is -7.98. The maximum atomic E-state index is 13.8. The largest absolute Gasteiger partial charge is 0.394 e. The minimum Gasteiger partial charge on any atom is -0.394 e. The number of nitrogens with one attached hydrogen (secondary N) is 6. The average molecular weight is 2140 g/mol. The molecule has 0 bridgehead atoms. The lowest BCUT2D eigenvalue weighted by atomic mass is 9.99. The van der Waals surface area contributed by atoms with E-state index in [4.69, 9.17) is 56.8 Å². The minimum absolute atomic E-state index is 0.180. The van der Waals surface area contributed by atoms with Crippen LogP contribution in [-0.4, -0.2) is 422 Å². The summed E-state index contributed by atoms with van der Waals surface area (Å²) in [5, 5.41) is 265. The van der Waals surface area contributed by atoms with E-state index in [-0.39, 0.29) is 34.1 Å². The maximum absolute atomic E-state index is 13.8. The standard InChI is InChI=1S/C90H108N6O42S6/c97-25-49-61(109)67(115)73(121)85(133-49)127-31-55(103)91-37-1-13-43(14-2-37)139-79-80(140-44-15-3-38(4-16-44)92-56(104)32-128-86-74(122)68(116)62(110)50(26-98)134-86)82(142-46-19-7-40(8-20-46)94-58(106)34-130-88-76(124)70(118)64(112)52(28-100)136-88)84(144-48-23-11-42(12-24-48)96-60(108)36-132-90-78(126)72(120)66(114)54(30-102)138-90)83(143-47-21-9-41(10-22-47)95-59(107)35-131-89-77(125)71(119)65(113)53(29-101)137-89)81(79)141-45-17-5-39(6-18-45)93-57(105)33-129-87-75(123)69(117)63(111)51(27-99)135-87/h1-24,49-54,61-78,85-90,97-102,109-126H,25-36H2,(H,91,103)(H,92,104)(H,93,105)(H,94,106)(H,95,107)(H,96,108)/t49-,50-,51-,52-,53-,54-,61-,62-,63-,64-,65-,66-,67+,68+,69+,70+,71+,72+,73-,74-,75-,76-,77-,78-,85+,86+,87+,88+,89+,90+/m1/s1. The molecule has 48 nitrogen and oxygen atoms in total. The van der Waals surface area contributed by atoms with Gasteiger partial charge in [-0.2, -0.15) is 0 Å². The van der Waals surface area contributed by atoms with E-state index in [9.17, 15) is 151 Å². The van der Waals surface area contributed by atoms with E-state index in [1.807, 2.05) is 0 Å². The van der Waals surface area contributed by atoms with Crippen LogP contribution >= 0.6 is 70.6 Å². The predicted octanol–water partition coefficient (Wildman–Crippen LogP) is -4.88. The fourth-order valence-electron chi connectivity index (χ4n) is 14.9. The summed E-state index contributed by atoms with van der Waals surface area (Å²) in [6.07, 6.45) is -50.9. The lowest BCUT2D eigenvalue weighted by molar-refractivity contribution is -0.299. The van der Waals surface area contributed by atoms with Crippen LogP contribution in [-0.2, 0) is 85.6 Å². The Bertz CT molecular complexity index is 4520. The van der Waals surface area contributed by atoms with Crippen molar-refractivity contribution in [2.24, 2.45) is 0 Å². The second kappa shape index (κ2) is 52.9. The number of rotatable bonds is 42. The second-order valence-electron chi connectivity index (χ2n) is 33.1. The average Bonchev–Trinajstić information content (AvgIpc) is 0.744. The lowest BCUT2D eigenvalue weighted by Crippen LogP contribution is -2.59. The van der Waals surface area contributed by atoms with E-state index < -0.39 is 299 Å². The Morgan fingerprint density at radius 3 is 0.424 bits per heavy atom. The number of hydrogen-bond acceptors (Lipinski definition) is 48. The van der Waals surface area contributed by atoms with Crippen molar-refractivity contribution in [3.63, 3.8) is 0 Å². The molecule has 0 saturated carbocycles. The highest BCUT2D eigenvalue weighted by Crippen LogP contribution is 2.60. The molecule has 7 aromatic carbocycles. The van der Waals surface area contributed by atoms with Crippen LogP contribution in [0.2, 0.25) is 0 Å². The Morgan fingerprint density at radius 1 is 0.194 bits per heavy atom. The molecule has 54 heteroatoms. The summed E-state index contributed by atoms with van der Waals surface area (Å²) in [5.74, 6) is -4.80. The zero-order valence-corrected chi connectivity index (χ0v) is 80.1. The zero-order chi connectivity index (χ0) is 104. The number of carbonyl (C=O) groups excluding carboxylic acids is 6. The van der Waals surface area contributed by atoms with E-state index in [0.717, 1.165) is 0 Å². The number of aliphatic hydroxyl groups excluding tert-OH is 24. The Kier molecular flexibility index (Phi) is 41.6. The van der Waals surface area contributed by atoms with Gasteiger partial charge in [0.05, 0.1) is 39.6 Å². The molecule has 144 heavy (non-hydrogen) atoms. The molecule has 6 fully saturated rings. The maximum Gasteiger partial charge on any atom is 0.250 e. The van der Waals surface area contributed by atoms with E-state index in [1.165, 1.54) is 143 Å². The summed E-state index contributed by atoms with van der Waals surface area (Å²) in [6.45, 7) is -9.47. The van der Waals surface area contributed by atoms with Gasteiger partial charge in [0, 0.05) is 92.9 Å². The Labute approximate surface area is 843 Å². The van der Waals surface area contributed by atoms with Gasteiger partial charge in [-0.05, 0) is 146 Å². The van der Waals surface area contributed by atoms with Crippen molar-refractivity contribution in [3.05, 3.63) is 146 Å². The van der Waals surface area contributed by atoms with Gasteiger partial charge >= 0.3 is 0 Å². The summed E-state index contributed by atoms with van der Waals surface area (Å²) in [5.41, 5.74) is 1.08. The number of aliphatic hydroxyl groups is 24. The molecule has 0 aliphatic carbocycles. The van der Waals surface area contributed by atoms with E-state index in [0.29, 0.717) is 58.7 Å². The highest BCUT2D eigenvalue weighted by molar-refractivity contribution is 8.07. The molecule has 0 radical (unpaired) electrons. The first-order valence-corrected chi connectivity index (χ1v) is 49.1. The first-order valence-electron chi connectivity index (χ1n) is 44.2. The van der Waals surface area contributed by atoms with E-state index in [1.54, 1.807) is 72.8 Å². The fraction of sp³-hybridized carbons (Fsp3) is 0.467. The van der Waals surface area contributed by atoms with Crippen LogP contribution in [0.4, 0.5) is 34.1 Å². The van der Waals surface area contributed by atoms with Gasteiger partial charge < -0.3 is 211 Å². The Morgan fingerprint density at radius 2 is 0.312 bits per heavy atom. The molecule has 30 N–H and O–H groups in total. The van der Waals surface area contributed by atoms with Crippen LogP contribution in [0, 0.1) is 0 Å². The lowest BCUT2D eigenvalue weighted by Gasteiger charge is -2.39. The Balaban J connectivity index is 0.940. The predicted molar refractivity (Wildman–Crippen MR) is 500 cm³/mol. The molecule has 6 aliphatic rings. The molecule has 0 spiro atoms. The van der Waals surface area contributed by atoms with Crippen LogP contribution in [0.5, 0.6) is 0 Å². The first kappa shape index (κ1) is 113. The molecule has 13 rings (SSSR count). The van der Waals surface area contributed by atoms with Crippen LogP contribution in [0.25, 0.3) is 0 Å². The number of ether oxygens (including phenoxy) is 12. The van der Waals surface area contributed by atoms with E-state index in [2.05, 4.69) is 31.9 Å². The fourth-order valence-corrected chi connectivity index (χ4v) is 22.2. The summed E-state index contributed by atoms with van der Waals surface area (Å²) in [6, 6.07) is 38.2. The quantitative estimate of drug-likeness (QED) is 0.0171. The van der Waals surface area contributed by atoms with Gasteiger partial charge in [0.15, 0.2) is 37.7 Å². The summed E-state index contributed by atoms with van der Waals surface area (Å²) in [4.78, 5) is 87.9. The third-order valence-corrected chi connectivity index (χ3v) is 30.2. The third kappa shape index (κ3) is 29.0. The number of carbonyl (C=O) groups is 6. The monoisotopic (exact) mass is 2140 g/mol. The zero-order valence-electron chi connectivity index (χ0n) is 75.2. The van der Waals surface area contributed by atoms with Gasteiger partial charge in [0.25, 0.3) is 0 Å². The number of hydrogen-bond donors (Lipinski definition) is 30. The summed E-state index contributed by atoms with van der Waals surface area (Å²) in [7, 11) is 0. The number of anilines is 6. The van der Waals surface area contributed by atoms with Gasteiger partial charge in [-0.15, -0.1) is 0 Å². The summed E-state index contributed by atoms with van der Waals surface area (Å²) >= 11 is 7.06. The van der Waals surface area contributed by atoms with Gasteiger partial charge in [-0.1, -0.05) is 70.6 Å². The smallest absolute Gasteiger partial charge is 0.250 e. The highest BCUT2D eigenvalue weighted by atomic mass is 32.2. The van der Waals surface area contributed by atoms with Crippen molar-refractivity contribution in [2.75, 3.05) is 111 Å². The van der Waals surface area contributed by atoms with Crippen LogP contribution < -0.4 is 31.9 Å². The minimum atomic E-state index is -1.85. The van der Waals surface area contributed by atoms with Crippen molar-refractivity contribution >= 4 is 140 Å². The van der Waals surface area contributed by atoms with Gasteiger partial charge in [0.1, 0.15) is 186 Å². The normalized spacial score (nSPS) is 30.8. The van der Waals surface area contributed by atoms with Crippen LogP contribution in [0.1, 0.15) is 0 Å². The second-order valence-corrected chi connectivity index (χ2v) is 39.6. The topological polar surface area (TPSA) is 771 Å². The highest BCUT2D eigenvalue weighted by Gasteiger charge is 2.51. The van der Waals surface area contributed by atoms with Gasteiger partial charge in [-0.25, -0.2) is 0 Å². The molecule has 6 aliphatic heterocycles. The van der Waals surface area contributed by atoms with Crippen molar-refractivity contribution < 1.29 is 208 Å². The first-order chi connectivity index (χ1) is 68.9. The van der Waals surface area contributed by atoms with Gasteiger partial charge in [-0.3, -0.25) is 28.8 Å². The molecule has 7 aromatic rings.